The number of hydrogen-bond acceptors (Lipinski definition) is 5. The Kier molecular flexibility index (Phi) is 7.76. The fourth-order valence-electron chi connectivity index (χ4n) is 3.13. The smallest absolute Gasteiger partial charge is 0.336 e. The molecular formula is C20H22BrCl2NO5. The van der Waals surface area contributed by atoms with Crippen LogP contribution in [0.1, 0.15) is 38.7 Å². The van der Waals surface area contributed by atoms with Gasteiger partial charge in [-0.2, -0.15) is 0 Å². The van der Waals surface area contributed by atoms with E-state index in [1.165, 1.54) is 12.0 Å². The van der Waals surface area contributed by atoms with Crippen LogP contribution in [0, 0.1) is 0 Å². The molecule has 0 aliphatic carbocycles. The summed E-state index contributed by atoms with van der Waals surface area (Å²) in [6, 6.07) is 4.86. The molecule has 2 rings (SSSR count). The van der Waals surface area contributed by atoms with Crippen molar-refractivity contribution in [3.8, 4) is 0 Å². The van der Waals surface area contributed by atoms with E-state index in [4.69, 9.17) is 32.7 Å². The van der Waals surface area contributed by atoms with Gasteiger partial charge >= 0.3 is 11.9 Å². The maximum absolute atomic E-state index is 12.9. The molecule has 9 heteroatoms. The van der Waals surface area contributed by atoms with E-state index in [0.717, 1.165) is 0 Å². The highest BCUT2D eigenvalue weighted by atomic mass is 79.9. The zero-order chi connectivity index (χ0) is 21.9. The van der Waals surface area contributed by atoms with Gasteiger partial charge in [0.15, 0.2) is 0 Å². The maximum atomic E-state index is 12.9. The van der Waals surface area contributed by atoms with Crippen molar-refractivity contribution in [2.45, 2.75) is 38.7 Å². The van der Waals surface area contributed by atoms with Crippen molar-refractivity contribution in [2.24, 2.45) is 0 Å². The second-order valence-corrected chi connectivity index (χ2v) is 8.88. The summed E-state index contributed by atoms with van der Waals surface area (Å²) < 4.78 is 10.3. The number of allylic oxidation sites excluding steroid dienone is 1. The van der Waals surface area contributed by atoms with Gasteiger partial charge in [-0.15, -0.1) is 0 Å². The molecule has 0 saturated heterocycles. The summed E-state index contributed by atoms with van der Waals surface area (Å²) in [5.74, 6) is -2.17. The third kappa shape index (κ3) is 5.74. The highest BCUT2D eigenvalue weighted by Gasteiger charge is 2.40. The van der Waals surface area contributed by atoms with Crippen LogP contribution in [0.3, 0.4) is 0 Å². The molecule has 29 heavy (non-hydrogen) atoms. The molecule has 158 valence electrons. The molecule has 1 aliphatic heterocycles. The summed E-state index contributed by atoms with van der Waals surface area (Å²) in [6.45, 7) is 4.90. The number of carbonyl (C=O) groups is 3. The van der Waals surface area contributed by atoms with Crippen molar-refractivity contribution < 1.29 is 23.9 Å². The number of carbonyl (C=O) groups excluding carboxylic acids is 3. The lowest BCUT2D eigenvalue weighted by Crippen LogP contribution is -2.44. The molecule has 0 fully saturated rings. The zero-order valence-electron chi connectivity index (χ0n) is 16.6. The van der Waals surface area contributed by atoms with Crippen LogP contribution in [0.15, 0.2) is 29.5 Å². The number of halogens is 3. The SMILES string of the molecule is COC(=O)C1=C(CBr)N(CC(=O)OC(C)(C)C)C(=O)CC1c1cc(Cl)ccc1Cl. The Morgan fingerprint density at radius 2 is 1.93 bits per heavy atom. The van der Waals surface area contributed by atoms with Gasteiger partial charge in [0.1, 0.15) is 12.1 Å². The molecular weight excluding hydrogens is 485 g/mol. The topological polar surface area (TPSA) is 72.9 Å². The van der Waals surface area contributed by atoms with E-state index in [0.29, 0.717) is 21.3 Å². The third-order valence-corrected chi connectivity index (χ3v) is 5.35. The van der Waals surface area contributed by atoms with Crippen molar-refractivity contribution in [2.75, 3.05) is 19.0 Å². The molecule has 1 heterocycles. The molecule has 0 spiro atoms. The number of hydrogen-bond donors (Lipinski definition) is 0. The quantitative estimate of drug-likeness (QED) is 0.435. The van der Waals surface area contributed by atoms with Crippen molar-refractivity contribution in [1.29, 1.82) is 0 Å². The molecule has 6 nitrogen and oxygen atoms in total. The molecule has 1 aromatic carbocycles. The molecule has 1 atom stereocenters. The van der Waals surface area contributed by atoms with Gasteiger partial charge in [0.05, 0.1) is 12.7 Å². The first-order valence-corrected chi connectivity index (χ1v) is 10.7. The van der Waals surface area contributed by atoms with Gasteiger partial charge in [0, 0.05) is 33.4 Å². The van der Waals surface area contributed by atoms with Crippen LogP contribution < -0.4 is 0 Å². The first kappa shape index (κ1) is 23.7. The number of ether oxygens (including phenoxy) is 2. The number of esters is 2. The zero-order valence-corrected chi connectivity index (χ0v) is 19.7. The average molecular weight is 507 g/mol. The van der Waals surface area contributed by atoms with Crippen molar-refractivity contribution >= 4 is 57.0 Å². The lowest BCUT2D eigenvalue weighted by atomic mass is 9.83. The Labute approximate surface area is 188 Å². The molecule has 0 radical (unpaired) electrons. The van der Waals surface area contributed by atoms with Gasteiger partial charge in [-0.05, 0) is 44.5 Å². The predicted molar refractivity (Wildman–Crippen MR) is 114 cm³/mol. The number of rotatable bonds is 5. The number of methoxy groups -OCH3 is 1. The summed E-state index contributed by atoms with van der Waals surface area (Å²) >= 11 is 15.8. The molecule has 1 aromatic rings. The fraction of sp³-hybridized carbons (Fsp3) is 0.450. The summed E-state index contributed by atoms with van der Waals surface area (Å²) in [5, 5.41) is 0.960. The molecule has 1 aliphatic rings. The largest absolute Gasteiger partial charge is 0.466 e. The number of amides is 1. The number of benzene rings is 1. The minimum absolute atomic E-state index is 0.0657. The van der Waals surface area contributed by atoms with Gasteiger partial charge in [-0.3, -0.25) is 9.59 Å². The van der Waals surface area contributed by atoms with E-state index < -0.39 is 23.5 Å². The van der Waals surface area contributed by atoms with Crippen LogP contribution >= 0.6 is 39.1 Å². The summed E-state index contributed by atoms with van der Waals surface area (Å²) in [6.07, 6.45) is -0.0657. The van der Waals surface area contributed by atoms with E-state index in [2.05, 4.69) is 15.9 Å². The highest BCUT2D eigenvalue weighted by molar-refractivity contribution is 9.09. The normalized spacial score (nSPS) is 17.4. The monoisotopic (exact) mass is 505 g/mol. The van der Waals surface area contributed by atoms with Crippen molar-refractivity contribution in [1.82, 2.24) is 4.90 Å². The summed E-state index contributed by atoms with van der Waals surface area (Å²) in [4.78, 5) is 39.2. The standard InChI is InChI=1S/C20H22BrCl2NO5/c1-20(2,3)29-17(26)10-24-15(9-21)18(19(27)28-4)13(8-16(24)25)12-7-11(22)5-6-14(12)23/h5-7,13H,8-10H2,1-4H3. The van der Waals surface area contributed by atoms with E-state index in [1.54, 1.807) is 39.0 Å². The second kappa shape index (κ2) is 9.49. The summed E-state index contributed by atoms with van der Waals surface area (Å²) in [7, 11) is 1.26. The number of alkyl halides is 1. The Hall–Kier alpha value is -1.57. The van der Waals surface area contributed by atoms with Crippen LogP contribution in [0.4, 0.5) is 0 Å². The van der Waals surface area contributed by atoms with Crippen LogP contribution in [0.25, 0.3) is 0 Å². The maximum Gasteiger partial charge on any atom is 0.336 e. The summed E-state index contributed by atoms with van der Waals surface area (Å²) in [5.41, 5.74) is 0.427. The van der Waals surface area contributed by atoms with E-state index >= 15 is 0 Å². The Morgan fingerprint density at radius 1 is 1.28 bits per heavy atom. The molecule has 0 bridgehead atoms. The van der Waals surface area contributed by atoms with Crippen LogP contribution in [-0.2, 0) is 23.9 Å². The third-order valence-electron chi connectivity index (χ3n) is 4.24. The first-order valence-electron chi connectivity index (χ1n) is 8.83. The van der Waals surface area contributed by atoms with Gasteiger partial charge in [-0.1, -0.05) is 39.1 Å². The van der Waals surface area contributed by atoms with Crippen molar-refractivity contribution in [3.05, 3.63) is 45.1 Å². The van der Waals surface area contributed by atoms with Gasteiger partial charge in [0.2, 0.25) is 5.91 Å². The molecule has 1 unspecified atom stereocenters. The number of nitrogens with zero attached hydrogens (tertiary/aromatic N) is 1. The van der Waals surface area contributed by atoms with Crippen LogP contribution in [-0.4, -0.2) is 47.3 Å². The van der Waals surface area contributed by atoms with E-state index in [1.807, 2.05) is 0 Å². The van der Waals surface area contributed by atoms with Crippen LogP contribution in [0.2, 0.25) is 10.0 Å². The molecule has 0 aromatic heterocycles. The van der Waals surface area contributed by atoms with E-state index in [-0.39, 0.29) is 29.8 Å². The highest BCUT2D eigenvalue weighted by Crippen LogP contribution is 2.41. The Bertz CT molecular complexity index is 863. The molecule has 0 saturated carbocycles. The van der Waals surface area contributed by atoms with Gasteiger partial charge < -0.3 is 14.4 Å². The average Bonchev–Trinajstić information content (AvgIpc) is 2.62. The molecule has 0 N–H and O–H groups in total. The van der Waals surface area contributed by atoms with Gasteiger partial charge in [0.25, 0.3) is 0 Å². The van der Waals surface area contributed by atoms with Gasteiger partial charge in [-0.25, -0.2) is 4.79 Å². The Balaban J connectivity index is 2.55. The minimum atomic E-state index is -0.698. The lowest BCUT2D eigenvalue weighted by molar-refractivity contribution is -0.158. The molecule has 1 amide bonds. The Morgan fingerprint density at radius 3 is 2.48 bits per heavy atom. The lowest BCUT2D eigenvalue weighted by Gasteiger charge is -2.35. The van der Waals surface area contributed by atoms with Crippen molar-refractivity contribution in [3.63, 3.8) is 0 Å². The first-order chi connectivity index (χ1) is 13.5. The van der Waals surface area contributed by atoms with E-state index in [9.17, 15) is 14.4 Å². The minimum Gasteiger partial charge on any atom is -0.466 e. The fourth-order valence-corrected chi connectivity index (χ4v) is 4.17. The predicted octanol–water partition coefficient (Wildman–Crippen LogP) is 4.47. The van der Waals surface area contributed by atoms with Crippen LogP contribution in [0.5, 0.6) is 0 Å². The second-order valence-electron chi connectivity index (χ2n) is 7.47.